The number of carbonyl (C=O) groups is 2. The maximum atomic E-state index is 13.0. The summed E-state index contributed by atoms with van der Waals surface area (Å²) in [4.78, 5) is 35.2. The van der Waals surface area contributed by atoms with Crippen LogP contribution in [-0.2, 0) is 4.79 Å². The largest absolute Gasteiger partial charge is 0.480 e. The predicted octanol–water partition coefficient (Wildman–Crippen LogP) is 5.02. The quantitative estimate of drug-likeness (QED) is 0.182. The van der Waals surface area contributed by atoms with Gasteiger partial charge in [0.2, 0.25) is 0 Å². The fraction of sp³-hybridized carbons (Fsp3) is 0.154. The minimum atomic E-state index is -0.950. The minimum Gasteiger partial charge on any atom is -0.480 e. The van der Waals surface area contributed by atoms with E-state index in [1.807, 2.05) is 18.2 Å². The number of nitro groups is 1. The Bertz CT molecular complexity index is 1310. The maximum absolute atomic E-state index is 13.0. The van der Waals surface area contributed by atoms with Gasteiger partial charge >= 0.3 is 11.9 Å². The van der Waals surface area contributed by atoms with Crippen molar-refractivity contribution in [2.45, 2.75) is 18.4 Å². The van der Waals surface area contributed by atoms with Crippen LogP contribution < -0.4 is 10.1 Å². The summed E-state index contributed by atoms with van der Waals surface area (Å²) < 4.78 is 5.58. The monoisotopic (exact) mass is 456 g/mol. The van der Waals surface area contributed by atoms with Crippen molar-refractivity contribution in [2.75, 3.05) is 5.32 Å². The predicted molar refractivity (Wildman–Crippen MR) is 125 cm³/mol. The molecule has 3 atom stereocenters. The van der Waals surface area contributed by atoms with Crippen LogP contribution in [0.25, 0.3) is 11.1 Å². The summed E-state index contributed by atoms with van der Waals surface area (Å²) in [5, 5.41) is 23.6. The Morgan fingerprint density at radius 1 is 1.00 bits per heavy atom. The number of carboxylic acids is 1. The highest BCUT2D eigenvalue weighted by molar-refractivity contribution is 5.99. The van der Waals surface area contributed by atoms with Gasteiger partial charge in [-0.15, -0.1) is 0 Å². The highest BCUT2D eigenvalue weighted by Gasteiger charge is 2.42. The SMILES string of the molecule is O=C(Oc1ccc(-c2ccc([N+](=O)[O-])cc2)cc1)c1cccc2c1NC(C(=O)O)C1CC=CC21. The van der Waals surface area contributed by atoms with Crippen LogP contribution in [0.3, 0.4) is 0 Å². The van der Waals surface area contributed by atoms with Gasteiger partial charge in [0.1, 0.15) is 11.8 Å². The average molecular weight is 456 g/mol. The van der Waals surface area contributed by atoms with Crippen molar-refractivity contribution in [1.82, 2.24) is 0 Å². The van der Waals surface area contributed by atoms with E-state index in [9.17, 15) is 24.8 Å². The lowest BCUT2D eigenvalue weighted by Gasteiger charge is -2.35. The molecule has 2 N–H and O–H groups in total. The summed E-state index contributed by atoms with van der Waals surface area (Å²) in [5.74, 6) is -1.36. The molecule has 34 heavy (non-hydrogen) atoms. The van der Waals surface area contributed by atoms with E-state index in [4.69, 9.17) is 4.74 Å². The smallest absolute Gasteiger partial charge is 0.345 e. The molecule has 0 fully saturated rings. The molecule has 0 bridgehead atoms. The van der Waals surface area contributed by atoms with Crippen LogP contribution in [0.4, 0.5) is 11.4 Å². The van der Waals surface area contributed by atoms with Crippen LogP contribution in [-0.4, -0.2) is 28.0 Å². The number of hydrogen-bond acceptors (Lipinski definition) is 6. The van der Waals surface area contributed by atoms with E-state index < -0.39 is 22.9 Å². The molecule has 0 amide bonds. The third-order valence-electron chi connectivity index (χ3n) is 6.36. The second-order valence-electron chi connectivity index (χ2n) is 8.30. The fourth-order valence-corrected chi connectivity index (χ4v) is 4.69. The molecule has 0 saturated carbocycles. The molecular weight excluding hydrogens is 436 g/mol. The Morgan fingerprint density at radius 3 is 2.32 bits per heavy atom. The van der Waals surface area contributed by atoms with E-state index in [0.717, 1.165) is 16.7 Å². The Morgan fingerprint density at radius 2 is 1.68 bits per heavy atom. The fourth-order valence-electron chi connectivity index (χ4n) is 4.69. The summed E-state index contributed by atoms with van der Waals surface area (Å²) in [6.07, 6.45) is 4.66. The molecular formula is C26H20N2O6. The van der Waals surface area contributed by atoms with Gasteiger partial charge in [0, 0.05) is 24.0 Å². The number of anilines is 1. The first-order valence-electron chi connectivity index (χ1n) is 10.8. The zero-order chi connectivity index (χ0) is 23.8. The van der Waals surface area contributed by atoms with E-state index in [0.29, 0.717) is 17.9 Å². The molecule has 1 aliphatic heterocycles. The lowest BCUT2D eigenvalue weighted by atomic mass is 9.78. The lowest BCUT2D eigenvalue weighted by Crippen LogP contribution is -2.42. The van der Waals surface area contributed by atoms with Crippen molar-refractivity contribution in [1.29, 1.82) is 0 Å². The number of nitro benzene ring substituents is 1. The van der Waals surface area contributed by atoms with Gasteiger partial charge in [-0.25, -0.2) is 9.59 Å². The van der Waals surface area contributed by atoms with Crippen molar-refractivity contribution < 1.29 is 24.4 Å². The molecule has 170 valence electrons. The number of esters is 1. The number of benzene rings is 3. The van der Waals surface area contributed by atoms with E-state index in [1.165, 1.54) is 12.1 Å². The number of carboxylic acid groups (broad SMARTS) is 1. The Hall–Kier alpha value is -4.46. The third-order valence-corrected chi connectivity index (χ3v) is 6.36. The first kappa shape index (κ1) is 21.4. The van der Waals surface area contributed by atoms with Gasteiger partial charge in [0.05, 0.1) is 16.2 Å². The van der Waals surface area contributed by atoms with Gasteiger partial charge in [0.25, 0.3) is 5.69 Å². The summed E-state index contributed by atoms with van der Waals surface area (Å²) >= 11 is 0. The molecule has 0 aromatic heterocycles. The number of nitrogens with zero attached hydrogens (tertiary/aromatic N) is 1. The van der Waals surface area contributed by atoms with Gasteiger partial charge in [-0.2, -0.15) is 0 Å². The maximum Gasteiger partial charge on any atom is 0.345 e. The number of aliphatic carboxylic acids is 1. The van der Waals surface area contributed by atoms with Gasteiger partial charge in [-0.05, 0) is 53.4 Å². The number of fused-ring (bicyclic) bond motifs is 3. The van der Waals surface area contributed by atoms with Crippen molar-refractivity contribution in [3.8, 4) is 16.9 Å². The molecule has 0 radical (unpaired) electrons. The number of para-hydroxylation sites is 1. The third kappa shape index (κ3) is 3.79. The van der Waals surface area contributed by atoms with Crippen molar-refractivity contribution >= 4 is 23.3 Å². The minimum absolute atomic E-state index is 0.0126. The number of ether oxygens (including phenoxy) is 1. The van der Waals surface area contributed by atoms with Crippen LogP contribution in [0.2, 0.25) is 0 Å². The number of non-ortho nitro benzene ring substituents is 1. The number of nitrogens with one attached hydrogen (secondary N) is 1. The molecule has 3 aromatic rings. The molecule has 1 heterocycles. The molecule has 0 saturated heterocycles. The summed E-state index contributed by atoms with van der Waals surface area (Å²) in [6, 6.07) is 17.5. The Kier molecular flexibility index (Phi) is 5.33. The van der Waals surface area contributed by atoms with E-state index >= 15 is 0 Å². The summed E-state index contributed by atoms with van der Waals surface area (Å²) in [6.45, 7) is 0. The van der Waals surface area contributed by atoms with Gasteiger partial charge in [0.15, 0.2) is 0 Å². The van der Waals surface area contributed by atoms with Crippen molar-refractivity contribution in [3.05, 3.63) is 100 Å². The molecule has 3 unspecified atom stereocenters. The normalized spacial score (nSPS) is 20.1. The molecule has 2 aliphatic rings. The lowest BCUT2D eigenvalue weighted by molar-refractivity contribution is -0.384. The Balaban J connectivity index is 1.37. The van der Waals surface area contributed by atoms with Gasteiger partial charge < -0.3 is 15.2 Å². The number of rotatable bonds is 5. The Labute approximate surface area is 194 Å². The molecule has 0 spiro atoms. The van der Waals surface area contributed by atoms with Crippen LogP contribution in [0.5, 0.6) is 5.75 Å². The van der Waals surface area contributed by atoms with Gasteiger partial charge in [-0.1, -0.05) is 36.4 Å². The molecule has 3 aromatic carbocycles. The van der Waals surface area contributed by atoms with E-state index in [1.54, 1.807) is 48.5 Å². The zero-order valence-electron chi connectivity index (χ0n) is 17.9. The van der Waals surface area contributed by atoms with Crippen molar-refractivity contribution in [2.24, 2.45) is 5.92 Å². The van der Waals surface area contributed by atoms with E-state index in [2.05, 4.69) is 5.32 Å². The topological polar surface area (TPSA) is 119 Å². The van der Waals surface area contributed by atoms with Crippen LogP contribution >= 0.6 is 0 Å². The number of hydrogen-bond donors (Lipinski definition) is 2. The molecule has 5 rings (SSSR count). The van der Waals surface area contributed by atoms with Crippen molar-refractivity contribution in [3.63, 3.8) is 0 Å². The van der Waals surface area contributed by atoms with Crippen LogP contribution in [0.15, 0.2) is 78.9 Å². The number of carbonyl (C=O) groups excluding carboxylic acids is 1. The second kappa shape index (κ2) is 8.47. The first-order valence-corrected chi connectivity index (χ1v) is 10.8. The highest BCUT2D eigenvalue weighted by Crippen LogP contribution is 2.45. The molecule has 8 nitrogen and oxygen atoms in total. The second-order valence-corrected chi connectivity index (χ2v) is 8.30. The summed E-state index contributed by atoms with van der Waals surface area (Å²) in [5.41, 5.74) is 3.29. The first-order chi connectivity index (χ1) is 16.4. The average Bonchev–Trinajstić information content (AvgIpc) is 3.34. The zero-order valence-corrected chi connectivity index (χ0v) is 17.9. The van der Waals surface area contributed by atoms with Crippen LogP contribution in [0.1, 0.15) is 28.3 Å². The van der Waals surface area contributed by atoms with Crippen LogP contribution in [0, 0.1) is 16.0 Å². The standard InChI is InChI=1S/C26H20N2O6/c29-25(30)24-21-5-1-3-19(21)20-4-2-6-22(23(20)27-24)26(31)34-18-13-9-16(10-14-18)15-7-11-17(12-8-15)28(32)33/h1-4,6-14,19,21,24,27H,5H2,(H,29,30). The number of allylic oxidation sites excluding steroid dienone is 2. The summed E-state index contributed by atoms with van der Waals surface area (Å²) in [7, 11) is 0. The molecule has 8 heteroatoms. The van der Waals surface area contributed by atoms with Gasteiger partial charge in [-0.3, -0.25) is 10.1 Å². The van der Waals surface area contributed by atoms with E-state index in [-0.39, 0.29) is 23.1 Å². The molecule has 1 aliphatic carbocycles. The highest BCUT2D eigenvalue weighted by atomic mass is 16.6.